The Labute approximate surface area is 125 Å². The molecule has 0 amide bonds. The van der Waals surface area contributed by atoms with Crippen LogP contribution in [0.15, 0.2) is 17.2 Å². The summed E-state index contributed by atoms with van der Waals surface area (Å²) in [6.45, 7) is 3.67. The van der Waals surface area contributed by atoms with Gasteiger partial charge in [0.05, 0.1) is 23.1 Å². The van der Waals surface area contributed by atoms with Gasteiger partial charge in [-0.25, -0.2) is 13.1 Å². The van der Waals surface area contributed by atoms with Gasteiger partial charge < -0.3 is 15.0 Å². The highest BCUT2D eigenvalue weighted by molar-refractivity contribution is 7.89. The molecule has 3 rings (SSSR count). The van der Waals surface area contributed by atoms with Gasteiger partial charge in [0.25, 0.3) is 0 Å². The Morgan fingerprint density at radius 1 is 1.43 bits per heavy atom. The van der Waals surface area contributed by atoms with Crippen molar-refractivity contribution in [3.05, 3.63) is 18.0 Å². The third-order valence-electron chi connectivity index (χ3n) is 4.18. The number of hydrogen-bond acceptors (Lipinski definition) is 4. The van der Waals surface area contributed by atoms with Crippen molar-refractivity contribution in [2.24, 2.45) is 0 Å². The standard InChI is InChI=1S/C14H23N3O3S/c1-2-5-15-8-10-6-12(9-16-10)21(18,19)17-13-7-11-3-4-14(13)20-11/h6,9,11,13-17H,2-5,7-8H2,1H3. The monoisotopic (exact) mass is 313 g/mol. The first-order valence-corrected chi connectivity index (χ1v) is 9.12. The van der Waals surface area contributed by atoms with E-state index in [2.05, 4.69) is 21.9 Å². The second-order valence-electron chi connectivity index (χ2n) is 5.87. The molecule has 3 atom stereocenters. The molecular formula is C14H23N3O3S. The Bertz CT molecular complexity index is 584. The summed E-state index contributed by atoms with van der Waals surface area (Å²) in [7, 11) is -3.46. The number of sulfonamides is 1. The smallest absolute Gasteiger partial charge is 0.242 e. The zero-order chi connectivity index (χ0) is 14.9. The van der Waals surface area contributed by atoms with Gasteiger partial charge in [0.2, 0.25) is 10.0 Å². The van der Waals surface area contributed by atoms with Gasteiger partial charge >= 0.3 is 0 Å². The molecular weight excluding hydrogens is 290 g/mol. The van der Waals surface area contributed by atoms with Gasteiger partial charge in [0.15, 0.2) is 0 Å². The minimum atomic E-state index is -3.46. The zero-order valence-corrected chi connectivity index (χ0v) is 13.1. The summed E-state index contributed by atoms with van der Waals surface area (Å²) < 4.78 is 33.3. The lowest BCUT2D eigenvalue weighted by Gasteiger charge is -2.19. The minimum absolute atomic E-state index is 0.0504. The van der Waals surface area contributed by atoms with Crippen LogP contribution in [0.25, 0.3) is 0 Å². The second kappa shape index (κ2) is 6.08. The van der Waals surface area contributed by atoms with Crippen LogP contribution in [-0.4, -0.2) is 38.2 Å². The molecule has 3 unspecified atom stereocenters. The van der Waals surface area contributed by atoms with Crippen molar-refractivity contribution in [2.45, 2.75) is 62.3 Å². The Balaban J connectivity index is 1.62. The average molecular weight is 313 g/mol. The SMILES string of the molecule is CCCNCc1cc(S(=O)(=O)NC2CC3CCC2O3)c[nH]1. The van der Waals surface area contributed by atoms with Gasteiger partial charge in [-0.3, -0.25) is 0 Å². The number of nitrogens with one attached hydrogen (secondary N) is 3. The maximum absolute atomic E-state index is 12.4. The van der Waals surface area contributed by atoms with Crippen molar-refractivity contribution >= 4 is 10.0 Å². The molecule has 21 heavy (non-hydrogen) atoms. The summed E-state index contributed by atoms with van der Waals surface area (Å²) in [5.41, 5.74) is 0.882. The van der Waals surface area contributed by atoms with Gasteiger partial charge in [-0.05, 0) is 38.3 Å². The molecule has 7 heteroatoms. The second-order valence-corrected chi connectivity index (χ2v) is 7.59. The van der Waals surface area contributed by atoms with Crippen LogP contribution >= 0.6 is 0 Å². The van der Waals surface area contributed by atoms with E-state index in [0.29, 0.717) is 11.4 Å². The first-order valence-electron chi connectivity index (χ1n) is 7.64. The first-order chi connectivity index (χ1) is 10.1. The molecule has 118 valence electrons. The summed E-state index contributed by atoms with van der Waals surface area (Å²) in [5, 5.41) is 3.24. The molecule has 0 radical (unpaired) electrons. The molecule has 1 aromatic heterocycles. The van der Waals surface area contributed by atoms with Crippen molar-refractivity contribution in [1.29, 1.82) is 0 Å². The van der Waals surface area contributed by atoms with Crippen LogP contribution in [0.2, 0.25) is 0 Å². The molecule has 0 spiro atoms. The van der Waals surface area contributed by atoms with E-state index in [-0.39, 0.29) is 18.2 Å². The number of hydrogen-bond donors (Lipinski definition) is 3. The quantitative estimate of drug-likeness (QED) is 0.659. The third kappa shape index (κ3) is 3.31. The fraction of sp³-hybridized carbons (Fsp3) is 0.714. The predicted octanol–water partition coefficient (Wildman–Crippen LogP) is 1.11. The number of fused-ring (bicyclic) bond motifs is 2. The molecule has 6 nitrogen and oxygen atoms in total. The molecule has 1 aromatic rings. The van der Waals surface area contributed by atoms with E-state index < -0.39 is 10.0 Å². The lowest BCUT2D eigenvalue weighted by atomic mass is 9.96. The summed E-state index contributed by atoms with van der Waals surface area (Å²) in [5.74, 6) is 0. The van der Waals surface area contributed by atoms with Crippen molar-refractivity contribution in [2.75, 3.05) is 6.54 Å². The topological polar surface area (TPSA) is 83.2 Å². The Hall–Kier alpha value is -0.890. The average Bonchev–Trinajstić information content (AvgIpc) is 3.13. The highest BCUT2D eigenvalue weighted by Crippen LogP contribution is 2.35. The van der Waals surface area contributed by atoms with E-state index in [1.54, 1.807) is 12.3 Å². The van der Waals surface area contributed by atoms with Gasteiger partial charge in [-0.1, -0.05) is 6.92 Å². The van der Waals surface area contributed by atoms with E-state index in [1.165, 1.54) is 0 Å². The highest BCUT2D eigenvalue weighted by Gasteiger charge is 2.42. The Morgan fingerprint density at radius 2 is 2.29 bits per heavy atom. The molecule has 2 aliphatic heterocycles. The summed E-state index contributed by atoms with van der Waals surface area (Å²) in [4.78, 5) is 3.32. The van der Waals surface area contributed by atoms with Crippen molar-refractivity contribution in [3.8, 4) is 0 Å². The number of ether oxygens (including phenoxy) is 1. The maximum Gasteiger partial charge on any atom is 0.242 e. The lowest BCUT2D eigenvalue weighted by Crippen LogP contribution is -2.41. The molecule has 0 aromatic carbocycles. The molecule has 3 heterocycles. The van der Waals surface area contributed by atoms with E-state index in [4.69, 9.17) is 4.74 Å². The number of aromatic nitrogens is 1. The summed E-state index contributed by atoms with van der Waals surface area (Å²) in [6, 6.07) is 1.62. The Kier molecular flexibility index (Phi) is 4.35. The molecule has 2 bridgehead atoms. The molecule has 0 saturated carbocycles. The van der Waals surface area contributed by atoms with E-state index in [0.717, 1.165) is 37.9 Å². The first kappa shape index (κ1) is 15.0. The van der Waals surface area contributed by atoms with Crippen LogP contribution in [0.1, 0.15) is 38.3 Å². The largest absolute Gasteiger partial charge is 0.373 e. The minimum Gasteiger partial charge on any atom is -0.373 e. The number of rotatable bonds is 7. The Morgan fingerprint density at radius 3 is 2.95 bits per heavy atom. The van der Waals surface area contributed by atoms with Crippen LogP contribution in [0, 0.1) is 0 Å². The molecule has 3 N–H and O–H groups in total. The van der Waals surface area contributed by atoms with Crippen molar-refractivity contribution in [3.63, 3.8) is 0 Å². The summed E-state index contributed by atoms with van der Waals surface area (Å²) in [6.07, 6.45) is 5.70. The van der Waals surface area contributed by atoms with Gasteiger partial charge in [0.1, 0.15) is 0 Å². The van der Waals surface area contributed by atoms with Gasteiger partial charge in [-0.15, -0.1) is 0 Å². The molecule has 0 aliphatic carbocycles. The summed E-state index contributed by atoms with van der Waals surface area (Å²) >= 11 is 0. The zero-order valence-electron chi connectivity index (χ0n) is 12.3. The number of aromatic amines is 1. The lowest BCUT2D eigenvalue weighted by molar-refractivity contribution is 0.0996. The van der Waals surface area contributed by atoms with Crippen LogP contribution in [0.5, 0.6) is 0 Å². The third-order valence-corrected chi connectivity index (χ3v) is 5.65. The molecule has 2 aliphatic rings. The van der Waals surface area contributed by atoms with E-state index in [1.807, 2.05) is 0 Å². The van der Waals surface area contributed by atoms with Crippen LogP contribution in [0.3, 0.4) is 0 Å². The fourth-order valence-electron chi connectivity index (χ4n) is 3.11. The normalized spacial score (nSPS) is 28.3. The van der Waals surface area contributed by atoms with Gasteiger partial charge in [-0.2, -0.15) is 0 Å². The fourth-order valence-corrected chi connectivity index (χ4v) is 4.40. The van der Waals surface area contributed by atoms with Crippen molar-refractivity contribution in [1.82, 2.24) is 15.0 Å². The highest BCUT2D eigenvalue weighted by atomic mass is 32.2. The van der Waals surface area contributed by atoms with E-state index >= 15 is 0 Å². The van der Waals surface area contributed by atoms with Gasteiger partial charge in [0, 0.05) is 18.4 Å². The van der Waals surface area contributed by atoms with Crippen LogP contribution in [0.4, 0.5) is 0 Å². The molecule has 2 saturated heterocycles. The van der Waals surface area contributed by atoms with Crippen molar-refractivity contribution < 1.29 is 13.2 Å². The number of H-pyrrole nitrogens is 1. The van der Waals surface area contributed by atoms with Crippen LogP contribution < -0.4 is 10.0 Å². The van der Waals surface area contributed by atoms with Crippen LogP contribution in [-0.2, 0) is 21.3 Å². The maximum atomic E-state index is 12.4. The predicted molar refractivity (Wildman–Crippen MR) is 79.4 cm³/mol. The molecule has 2 fully saturated rings. The van der Waals surface area contributed by atoms with E-state index in [9.17, 15) is 8.42 Å².